The molecule has 0 N–H and O–H groups in total. The van der Waals surface area contributed by atoms with Crippen LogP contribution in [0.25, 0.3) is 85.2 Å². The Hall–Kier alpha value is -18.7. The third-order valence-corrected chi connectivity index (χ3v) is 20.3. The van der Waals surface area contributed by atoms with Crippen LogP contribution in [0.15, 0.2) is 296 Å². The van der Waals surface area contributed by atoms with Crippen LogP contribution in [0.3, 0.4) is 0 Å². The van der Waals surface area contributed by atoms with Crippen molar-refractivity contribution in [2.75, 3.05) is 61.5 Å². The van der Waals surface area contributed by atoms with Gasteiger partial charge in [-0.1, -0.05) is 109 Å². The van der Waals surface area contributed by atoms with Crippen LogP contribution in [0, 0.1) is 84.0 Å². The van der Waals surface area contributed by atoms with Gasteiger partial charge in [0.05, 0.1) is 28.4 Å². The van der Waals surface area contributed by atoms with E-state index in [9.17, 15) is 47.9 Å². The van der Waals surface area contributed by atoms with Crippen molar-refractivity contribution in [3.8, 4) is 101 Å². The number of benzene rings is 8. The fraction of sp³-hybridized carbons (Fsp3) is 0.125. The van der Waals surface area contributed by atoms with Crippen LogP contribution in [0.2, 0.25) is 0 Å². The Morgan fingerprint density at radius 2 is 0.609 bits per heavy atom. The molecule has 0 spiro atoms. The molecule has 7 aromatic heterocycles. The number of aryl methyl sites for hydroxylation is 5. The van der Waals surface area contributed by atoms with E-state index in [0.29, 0.717) is 77.9 Å². The fourth-order valence-electron chi connectivity index (χ4n) is 14.0. The van der Waals surface area contributed by atoms with Crippen molar-refractivity contribution in [3.63, 3.8) is 0 Å². The number of carbonyl (C=O) groups is 5. The smallest absolute Gasteiger partial charge is 0.336 e. The van der Waals surface area contributed by atoms with Crippen LogP contribution >= 0.6 is 0 Å². The molecule has 26 heteroatoms. The summed E-state index contributed by atoms with van der Waals surface area (Å²) in [5.74, 6) is 11.0. The molecule has 0 aliphatic heterocycles. The zero-order valence-corrected chi connectivity index (χ0v) is 76.2. The first-order valence-corrected chi connectivity index (χ1v) is 42.0. The highest BCUT2D eigenvalue weighted by Crippen LogP contribution is 2.40. The number of nitrogens with zero attached hydrogens (tertiary/aromatic N) is 2. The summed E-state index contributed by atoms with van der Waals surface area (Å²) in [6.45, 7) is 12.7. The van der Waals surface area contributed by atoms with E-state index >= 15 is 0 Å². The van der Waals surface area contributed by atoms with Gasteiger partial charge in [-0.3, -0.25) is 33.9 Å². The Labute approximate surface area is 791 Å². The molecule has 7 heterocycles. The number of hydrogen-bond acceptors (Lipinski definition) is 26. The van der Waals surface area contributed by atoms with Crippen molar-refractivity contribution in [1.29, 1.82) is 0 Å². The SMILES string of the molecule is C#CCOc1ccc2c(C)cc(=O)oc2c1C(=O)/C=C/c1cc(OC)c(OC)c(OC)c1.C#CCOc1ccc2c(C)cc(=O)oc2c1C(=O)/C=C/c1cccc(OC)c1.C#CCOc1ccc2c(C)cc(=O)oc2c1C(=O)/C=C/c1ccccc1.C#CCOc1ccc2c(C)cc(=O)oc2c1C(=O)/C=C/c1cccnc1.C=CCOc1ccc2c(C)cc(=O)oc2c1C(=O)/C=C/c1cccnc1. The van der Waals surface area contributed by atoms with Gasteiger partial charge in [0.15, 0.2) is 68.3 Å². The van der Waals surface area contributed by atoms with E-state index in [-0.39, 0.29) is 135 Å². The molecule has 0 unspecified atom stereocenters. The number of ketones is 5. The number of pyridine rings is 2. The average Bonchev–Trinajstić information content (AvgIpc) is 0.792. The predicted octanol–water partition coefficient (Wildman–Crippen LogP) is 19.4. The molecule has 0 radical (unpaired) electrons. The summed E-state index contributed by atoms with van der Waals surface area (Å²) in [5.41, 5.74) is 6.52. The highest BCUT2D eigenvalue weighted by molar-refractivity contribution is 6.19. The summed E-state index contributed by atoms with van der Waals surface area (Å²) in [5, 5.41) is 3.31. The first-order valence-electron chi connectivity index (χ1n) is 42.0. The molecule has 15 rings (SSSR count). The highest BCUT2D eigenvalue weighted by Gasteiger charge is 2.26. The van der Waals surface area contributed by atoms with Crippen LogP contribution in [0.1, 0.15) is 107 Å². The van der Waals surface area contributed by atoms with Gasteiger partial charge in [-0.05, 0) is 230 Å². The fourth-order valence-corrected chi connectivity index (χ4v) is 14.0. The van der Waals surface area contributed by atoms with Crippen molar-refractivity contribution < 1.29 is 88.7 Å². The zero-order valence-electron chi connectivity index (χ0n) is 76.2. The largest absolute Gasteiger partial charge is 0.497 e. The summed E-state index contributed by atoms with van der Waals surface area (Å²) >= 11 is 0. The third-order valence-electron chi connectivity index (χ3n) is 20.3. The van der Waals surface area contributed by atoms with E-state index in [1.165, 1.54) is 82.0 Å². The van der Waals surface area contributed by atoms with Gasteiger partial charge in [-0.2, -0.15) is 0 Å². The number of terminal acetylenes is 4. The maximum absolute atomic E-state index is 13.2. The summed E-state index contributed by atoms with van der Waals surface area (Å²) in [6, 6.07) is 51.2. The van der Waals surface area contributed by atoms with Crippen LogP contribution in [-0.4, -0.2) is 100 Å². The Kier molecular flexibility index (Phi) is 35.1. The monoisotopic (exact) mass is 1840 g/mol. The highest BCUT2D eigenvalue weighted by atomic mass is 16.5. The van der Waals surface area contributed by atoms with E-state index in [1.807, 2.05) is 60.7 Å². The average molecular weight is 1850 g/mol. The standard InChI is InChI=1S/C25H22O7.C23H18O5.C22H16O4.C21H17NO4.C21H15NO4/c1-6-11-31-19-10-8-17-15(2)12-22(27)32-24(17)23(19)18(26)9-7-16-13-20(28-3)25(30-5)21(14-16)29-4;1-4-12-27-20-11-9-18-15(2)13-21(25)28-23(18)22(20)19(24)10-8-16-6-5-7-17(14-16)26-3;1-3-13-25-19-12-10-17-15(2)14-20(24)26-22(17)21(19)18(23)11-9-16-7-5-4-6-8-16;2*1-3-11-25-18-9-7-16-14(2)12-19(24)26-21(16)20(18)17(23)8-6-15-5-4-10-22-13-15/h1,7-10,12-14H,11H2,2-5H3;1,5-11,13-14H,12H2,2-3H3;1,4-12,14H,13H2,2H3;3-10,12-13H,1,11H2,2H3;1,4-10,12-13H,11H2,2H3/b9-7+;10-8+;11-9+;2*8-6+. The van der Waals surface area contributed by atoms with Gasteiger partial charge in [0.25, 0.3) is 0 Å². The summed E-state index contributed by atoms with van der Waals surface area (Å²) in [4.78, 5) is 132. The van der Waals surface area contributed by atoms with E-state index in [2.05, 4.69) is 40.2 Å². The Morgan fingerprint density at radius 3 is 0.891 bits per heavy atom. The lowest BCUT2D eigenvalue weighted by atomic mass is 10.0. The van der Waals surface area contributed by atoms with Crippen molar-refractivity contribution in [1.82, 2.24) is 9.97 Å². The predicted molar refractivity (Wildman–Crippen MR) is 530 cm³/mol. The van der Waals surface area contributed by atoms with E-state index in [1.54, 1.807) is 194 Å². The van der Waals surface area contributed by atoms with Gasteiger partial charge in [-0.25, -0.2) is 24.0 Å². The van der Waals surface area contributed by atoms with Crippen LogP contribution in [0.5, 0.6) is 51.7 Å². The maximum atomic E-state index is 13.2. The topological polar surface area (TPSA) is 345 Å². The molecule has 0 atom stereocenters. The molecule has 0 aliphatic carbocycles. The Bertz CT molecular complexity index is 7610. The van der Waals surface area contributed by atoms with Crippen molar-refractivity contribution >= 4 is 114 Å². The maximum Gasteiger partial charge on any atom is 0.336 e. The number of fused-ring (bicyclic) bond motifs is 5. The number of ether oxygens (including phenoxy) is 9. The molecule has 0 bridgehead atoms. The third kappa shape index (κ3) is 25.5. The second-order valence-electron chi connectivity index (χ2n) is 29.6. The lowest BCUT2D eigenvalue weighted by Crippen LogP contribution is -2.06. The van der Waals surface area contributed by atoms with Crippen molar-refractivity contribution in [2.45, 2.75) is 34.6 Å². The first kappa shape index (κ1) is 99.9. The van der Waals surface area contributed by atoms with Gasteiger partial charge in [0.2, 0.25) is 5.75 Å². The quantitative estimate of drug-likeness (QED) is 0.0133. The molecule has 15 aromatic rings. The molecule has 0 amide bonds. The number of rotatable bonds is 30. The normalized spacial score (nSPS) is 10.8. The lowest BCUT2D eigenvalue weighted by Gasteiger charge is -2.13. The number of hydrogen-bond donors (Lipinski definition) is 0. The molecule has 8 aromatic carbocycles. The number of aromatic nitrogens is 2. The minimum atomic E-state index is -0.563. The van der Waals surface area contributed by atoms with Crippen LogP contribution in [-0.2, 0) is 0 Å². The minimum absolute atomic E-state index is 0.00420. The van der Waals surface area contributed by atoms with E-state index < -0.39 is 33.9 Å². The van der Waals surface area contributed by atoms with Gasteiger partial charge >= 0.3 is 28.1 Å². The molecule has 138 heavy (non-hydrogen) atoms. The number of allylic oxidation sites excluding steroid dienone is 5. The van der Waals surface area contributed by atoms with E-state index in [4.69, 9.17) is 90.4 Å². The van der Waals surface area contributed by atoms with Gasteiger partial charge < -0.3 is 64.7 Å². The second-order valence-corrected chi connectivity index (χ2v) is 29.6. The van der Waals surface area contributed by atoms with Gasteiger partial charge in [-0.15, -0.1) is 25.7 Å². The second kappa shape index (κ2) is 48.5. The molecule has 690 valence electrons. The van der Waals surface area contributed by atoms with Gasteiger partial charge in [0.1, 0.15) is 95.3 Å². The minimum Gasteiger partial charge on any atom is -0.497 e. The summed E-state index contributed by atoms with van der Waals surface area (Å²) in [6.07, 6.45) is 44.4. The number of methoxy groups -OCH3 is 4. The summed E-state index contributed by atoms with van der Waals surface area (Å²) < 4.78 is 75.5. The van der Waals surface area contributed by atoms with Gasteiger partial charge in [0, 0.05) is 82.1 Å². The van der Waals surface area contributed by atoms with Crippen LogP contribution in [0.4, 0.5) is 0 Å². The first-order chi connectivity index (χ1) is 66.7. The zero-order chi connectivity index (χ0) is 98.9. The summed E-state index contributed by atoms with van der Waals surface area (Å²) in [7, 11) is 6.09. The molecule has 0 fully saturated rings. The Morgan fingerprint density at radius 1 is 0.319 bits per heavy atom. The Balaban J connectivity index is 0.000000166. The molecule has 0 saturated heterocycles. The molecule has 0 aliphatic rings. The van der Waals surface area contributed by atoms with Crippen molar-refractivity contribution in [2.24, 2.45) is 0 Å². The van der Waals surface area contributed by atoms with Crippen LogP contribution < -0.4 is 70.8 Å². The lowest BCUT2D eigenvalue weighted by molar-refractivity contribution is 0.103. The van der Waals surface area contributed by atoms with E-state index in [0.717, 1.165) is 33.4 Å². The molecule has 26 nitrogen and oxygen atoms in total. The molecular formula is C112H88N2O24. The molecule has 0 saturated carbocycles. The number of carbonyl (C=O) groups excluding carboxylic acids is 5. The molecular weight excluding hydrogens is 1760 g/mol. The van der Waals surface area contributed by atoms with Crippen molar-refractivity contribution in [3.05, 3.63) is 385 Å².